The van der Waals surface area contributed by atoms with E-state index in [-0.39, 0.29) is 26.5 Å². The number of alkyl halides is 4. The Labute approximate surface area is 395 Å². The van der Waals surface area contributed by atoms with Crippen LogP contribution in [0, 0.1) is 0 Å². The number of nitrogens with two attached hydrogens (primary N) is 4. The Hall–Kier alpha value is -5.07. The molecule has 4 rings (SSSR count). The van der Waals surface area contributed by atoms with Crippen molar-refractivity contribution in [2.75, 3.05) is 53.1 Å². The molecule has 0 aliphatic heterocycles. The molecule has 4 aromatic carbocycles. The minimum absolute atomic E-state index is 0.0130. The van der Waals surface area contributed by atoms with Gasteiger partial charge in [0.15, 0.2) is 0 Å². The Bertz CT molecular complexity index is 1980. The number of ether oxygens (including phenoxy) is 4. The molecule has 0 fully saturated rings. The normalized spacial score (nSPS) is 11.5. The van der Waals surface area contributed by atoms with Crippen molar-refractivity contribution in [1.82, 2.24) is 0 Å². The summed E-state index contributed by atoms with van der Waals surface area (Å²) in [6, 6.07) is 23.9. The average Bonchev–Trinajstić information content (AvgIpc) is 3.26. The van der Waals surface area contributed by atoms with Crippen LogP contribution < -0.4 is 41.9 Å². The molecule has 12 nitrogen and oxygen atoms in total. The van der Waals surface area contributed by atoms with E-state index < -0.39 is 20.0 Å². The maximum absolute atomic E-state index is 11.9. The third-order valence-corrected chi connectivity index (χ3v) is 9.04. The van der Waals surface area contributed by atoms with Crippen LogP contribution in [0.3, 0.4) is 0 Å². The van der Waals surface area contributed by atoms with Crippen molar-refractivity contribution >= 4 is 66.8 Å². The topological polar surface area (TPSA) is 190 Å². The van der Waals surface area contributed by atoms with E-state index in [4.69, 9.17) is 53.5 Å². The van der Waals surface area contributed by atoms with Crippen molar-refractivity contribution in [3.8, 4) is 23.0 Å². The second-order valence-electron chi connectivity index (χ2n) is 13.3. The van der Waals surface area contributed by atoms with Crippen molar-refractivity contribution in [3.63, 3.8) is 0 Å². The molecular weight excluding hydrogens is 984 g/mol. The van der Waals surface area contributed by atoms with Crippen LogP contribution in [0.4, 0.5) is 17.6 Å². The zero-order valence-corrected chi connectivity index (χ0v) is 40.5. The number of hydrogen-bond acceptors (Lipinski definition) is 8. The molecule has 0 saturated carbocycles. The van der Waals surface area contributed by atoms with Gasteiger partial charge in [-0.15, -0.1) is 0 Å². The zero-order chi connectivity index (χ0) is 47.7. The van der Waals surface area contributed by atoms with Crippen LogP contribution >= 0.6 is 43.5 Å². The van der Waals surface area contributed by atoms with E-state index in [0.29, 0.717) is 84.8 Å². The monoisotopic (exact) mass is 1040 g/mol. The molecule has 0 amide bonds. The minimum atomic E-state index is -0.533. The van der Waals surface area contributed by atoms with Crippen molar-refractivity contribution < 1.29 is 36.5 Å². The van der Waals surface area contributed by atoms with Gasteiger partial charge in [0.2, 0.25) is 0 Å². The number of benzene rings is 4. The zero-order valence-electron chi connectivity index (χ0n) is 36.6. The molecular formula is C45H59Br2ClF4N8O4. The predicted molar refractivity (Wildman–Crippen MR) is 261 cm³/mol. The van der Waals surface area contributed by atoms with Crippen molar-refractivity contribution in [2.24, 2.45) is 42.9 Å². The first kappa shape index (κ1) is 56.9. The van der Waals surface area contributed by atoms with Gasteiger partial charge >= 0.3 is 0 Å². The van der Waals surface area contributed by atoms with E-state index in [1.54, 1.807) is 58.0 Å². The van der Waals surface area contributed by atoms with Crippen molar-refractivity contribution in [1.29, 1.82) is 0 Å². The summed E-state index contributed by atoms with van der Waals surface area (Å²) < 4.78 is 70.0. The third-order valence-electron chi connectivity index (χ3n) is 7.51. The molecule has 0 aromatic heterocycles. The first-order valence-electron chi connectivity index (χ1n) is 19.9. The first-order valence-corrected chi connectivity index (χ1v) is 21.8. The lowest BCUT2D eigenvalue weighted by molar-refractivity contribution is 0.272. The molecule has 19 heteroatoms. The number of hydrogen-bond donors (Lipinski definition) is 4. The highest BCUT2D eigenvalue weighted by Gasteiger charge is 2.05. The molecule has 64 heavy (non-hydrogen) atoms. The highest BCUT2D eigenvalue weighted by molar-refractivity contribution is 9.11. The summed E-state index contributed by atoms with van der Waals surface area (Å²) in [6.07, 6.45) is 0.408. The van der Waals surface area contributed by atoms with Gasteiger partial charge < -0.3 is 41.9 Å². The van der Waals surface area contributed by atoms with Crippen LogP contribution in [-0.2, 0) is 26.2 Å². The summed E-state index contributed by atoms with van der Waals surface area (Å²) in [7, 11) is 0. The highest BCUT2D eigenvalue weighted by atomic mass is 79.9. The minimum Gasteiger partial charge on any atom is -0.492 e. The molecule has 0 saturated heterocycles. The molecule has 0 unspecified atom stereocenters. The standard InChI is InChI=1S/C12H16BrFN2O.C11H14BrFN2O.C11H14ClFN2O.C11H15FN2O/c1-9(15)16-8-10-3-4-12(11(13)7-10)17-6-2-5-14;2*1-8(14)15-7-9-2-3-11(10(12)6-9)16-5-4-13;1-9(13)14-8-10-2-4-11(5-3-10)15-7-6-12/h3-4,7H,2,5-6,8H2,1H3,(H2,15,16);2*2-3,6H,4-5,7H2,1H3,(H2,14,15);2-5H,6-8H2,1H3,(H2,13,14)/i14-1;2*13-1;12-1. The number of rotatable bonds is 21. The second kappa shape index (κ2) is 34.4. The Balaban J connectivity index is 0.000000427. The summed E-state index contributed by atoms with van der Waals surface area (Å²) in [6.45, 7) is 7.78. The Kier molecular flexibility index (Phi) is 30.6. The summed E-state index contributed by atoms with van der Waals surface area (Å²) in [5.41, 5.74) is 25.8. The quantitative estimate of drug-likeness (QED) is 0.0274. The van der Waals surface area contributed by atoms with Gasteiger partial charge in [-0.3, -0.25) is 24.4 Å². The molecule has 8 N–H and O–H groups in total. The number of aliphatic imine (C=N–C) groups is 4. The molecule has 0 bridgehead atoms. The third kappa shape index (κ3) is 27.2. The SMILES string of the molecule is CC(N)=NCc1ccc(OCCC[18F])c(Br)c1.CC(N)=NCc1ccc(OCC[18F])c(Br)c1.CC(N)=NCc1ccc(OCC[18F])c(Cl)c1.CC(N)=NCc1ccc(OCC[18F])cc1. The molecule has 0 atom stereocenters. The maximum Gasteiger partial charge on any atom is 0.138 e. The number of nitrogens with zero attached hydrogens (tertiary/aromatic N) is 4. The van der Waals surface area contributed by atoms with Gasteiger partial charge in [-0.2, -0.15) is 0 Å². The fourth-order valence-corrected chi connectivity index (χ4v) is 5.86. The Morgan fingerprint density at radius 3 is 1.19 bits per heavy atom. The lowest BCUT2D eigenvalue weighted by Crippen LogP contribution is -2.05. The van der Waals surface area contributed by atoms with Gasteiger partial charge in [-0.25, -0.2) is 13.2 Å². The van der Waals surface area contributed by atoms with Crippen LogP contribution in [0.25, 0.3) is 0 Å². The van der Waals surface area contributed by atoms with Crippen LogP contribution in [0.2, 0.25) is 5.02 Å². The van der Waals surface area contributed by atoms with E-state index in [1.807, 2.05) is 48.5 Å². The van der Waals surface area contributed by atoms with Crippen LogP contribution in [0.15, 0.2) is 108 Å². The van der Waals surface area contributed by atoms with Crippen LogP contribution in [-0.4, -0.2) is 76.5 Å². The van der Waals surface area contributed by atoms with Gasteiger partial charge in [0, 0.05) is 6.42 Å². The summed E-state index contributed by atoms with van der Waals surface area (Å²) in [5, 5.41) is 0.454. The summed E-state index contributed by atoms with van der Waals surface area (Å²) in [5.74, 6) is 4.70. The smallest absolute Gasteiger partial charge is 0.138 e. The molecule has 0 aliphatic rings. The van der Waals surface area contributed by atoms with E-state index in [9.17, 15) is 17.6 Å². The first-order chi connectivity index (χ1) is 30.6. The van der Waals surface area contributed by atoms with Crippen LogP contribution in [0.5, 0.6) is 23.0 Å². The summed E-state index contributed by atoms with van der Waals surface area (Å²) >= 11 is 12.7. The maximum atomic E-state index is 11.9. The van der Waals surface area contributed by atoms with E-state index in [1.165, 1.54) is 0 Å². The lowest BCUT2D eigenvalue weighted by Gasteiger charge is -2.08. The van der Waals surface area contributed by atoms with Crippen LogP contribution in [0.1, 0.15) is 56.4 Å². The largest absolute Gasteiger partial charge is 0.492 e. The molecule has 4 aromatic rings. The fourth-order valence-electron chi connectivity index (χ4n) is 4.52. The molecule has 0 heterocycles. The van der Waals surface area contributed by atoms with E-state index in [2.05, 4.69) is 51.8 Å². The predicted octanol–water partition coefficient (Wildman–Crippen LogP) is 10.2. The van der Waals surface area contributed by atoms with Gasteiger partial charge in [-0.1, -0.05) is 41.9 Å². The van der Waals surface area contributed by atoms with Crippen molar-refractivity contribution in [2.45, 2.75) is 60.3 Å². The second-order valence-corrected chi connectivity index (χ2v) is 15.4. The molecule has 352 valence electrons. The summed E-state index contributed by atoms with van der Waals surface area (Å²) in [4.78, 5) is 16.4. The molecule has 0 radical (unpaired) electrons. The number of halogens is 7. The van der Waals surface area contributed by atoms with E-state index >= 15 is 0 Å². The van der Waals surface area contributed by atoms with Gasteiger partial charge in [0.05, 0.1) is 76.8 Å². The highest BCUT2D eigenvalue weighted by Crippen LogP contribution is 2.28. The number of amidine groups is 4. The Morgan fingerprint density at radius 1 is 0.469 bits per heavy atom. The lowest BCUT2D eigenvalue weighted by atomic mass is 10.2. The molecule has 0 spiro atoms. The average molecular weight is 1040 g/mol. The van der Waals surface area contributed by atoms with Crippen molar-refractivity contribution in [3.05, 3.63) is 115 Å². The van der Waals surface area contributed by atoms with Gasteiger partial charge in [-0.05, 0) is 130 Å². The van der Waals surface area contributed by atoms with Gasteiger partial charge in [0.25, 0.3) is 0 Å². The Morgan fingerprint density at radius 2 is 0.812 bits per heavy atom. The van der Waals surface area contributed by atoms with E-state index in [0.717, 1.165) is 36.9 Å². The fraction of sp³-hybridized carbons (Fsp3) is 0.378. The molecule has 0 aliphatic carbocycles. The van der Waals surface area contributed by atoms with Gasteiger partial charge in [0.1, 0.15) is 62.8 Å².